The summed E-state index contributed by atoms with van der Waals surface area (Å²) in [7, 11) is 1.57. The van der Waals surface area contributed by atoms with Gasteiger partial charge in [0.25, 0.3) is 0 Å². The maximum atomic E-state index is 9.11. The van der Waals surface area contributed by atoms with Crippen LogP contribution < -0.4 is 5.73 Å². The Bertz CT molecular complexity index is 68.1. The highest BCUT2D eigenvalue weighted by molar-refractivity contribution is 4.62. The van der Waals surface area contributed by atoms with Crippen LogP contribution in [0.3, 0.4) is 0 Å². The summed E-state index contributed by atoms with van der Waals surface area (Å²) in [6.07, 6.45) is 0.0863. The van der Waals surface area contributed by atoms with Gasteiger partial charge in [-0.05, 0) is 19.9 Å². The number of nitrogens with two attached hydrogens (primary N) is 1. The van der Waals surface area contributed by atoms with E-state index in [1.54, 1.807) is 7.11 Å². The molecule has 0 aromatic heterocycles. The Morgan fingerprint density at radius 2 is 2.22 bits per heavy atom. The molecule has 0 amide bonds. The summed E-state index contributed by atoms with van der Waals surface area (Å²) >= 11 is 0. The van der Waals surface area contributed by atoms with Crippen LogP contribution in [-0.2, 0) is 4.74 Å². The highest BCUT2D eigenvalue weighted by atomic mass is 16.5. The molecule has 0 rings (SSSR count). The first kappa shape index (κ1) is 8.88. The first-order chi connectivity index (χ1) is 4.22. The van der Waals surface area contributed by atoms with Gasteiger partial charge in [-0.2, -0.15) is 0 Å². The molecule has 0 fully saturated rings. The molecule has 9 heavy (non-hydrogen) atoms. The average molecular weight is 133 g/mol. The molecule has 0 spiro atoms. The average Bonchev–Trinajstić information content (AvgIpc) is 1.87. The van der Waals surface area contributed by atoms with Crippen molar-refractivity contribution in [3.63, 3.8) is 0 Å². The van der Waals surface area contributed by atoms with Gasteiger partial charge in [0.2, 0.25) is 0 Å². The number of aliphatic hydroxyl groups excluding tert-OH is 1. The molecule has 0 aliphatic rings. The Kier molecular flexibility index (Phi) is 4.67. The van der Waals surface area contributed by atoms with Crippen molar-refractivity contribution >= 4 is 0 Å². The number of methoxy groups -OCH3 is 1. The van der Waals surface area contributed by atoms with Crippen molar-refractivity contribution in [3.8, 4) is 0 Å². The molecule has 3 N–H and O–H groups in total. The van der Waals surface area contributed by atoms with E-state index in [0.717, 1.165) is 0 Å². The van der Waals surface area contributed by atoms with E-state index in [0.29, 0.717) is 13.0 Å². The lowest BCUT2D eigenvalue weighted by atomic mass is 10.2. The third-order valence-electron chi connectivity index (χ3n) is 1.38. The molecular weight excluding hydrogens is 118 g/mol. The van der Waals surface area contributed by atoms with Gasteiger partial charge in [0.05, 0.1) is 12.2 Å². The second kappa shape index (κ2) is 4.73. The molecule has 3 nitrogen and oxygen atoms in total. The fraction of sp³-hybridized carbons (Fsp3) is 1.00. The Morgan fingerprint density at radius 3 is 2.56 bits per heavy atom. The van der Waals surface area contributed by atoms with E-state index in [1.807, 2.05) is 6.92 Å². The quantitative estimate of drug-likeness (QED) is 0.555. The molecular formula is C6H15NO2. The Balaban J connectivity index is 3.32. The minimum absolute atomic E-state index is 0.103. The molecule has 0 saturated carbocycles. The van der Waals surface area contributed by atoms with Gasteiger partial charge in [-0.1, -0.05) is 0 Å². The molecule has 0 aromatic carbocycles. The van der Waals surface area contributed by atoms with Crippen molar-refractivity contribution in [1.82, 2.24) is 0 Å². The largest absolute Gasteiger partial charge is 0.390 e. The van der Waals surface area contributed by atoms with Crippen LogP contribution >= 0.6 is 0 Å². The van der Waals surface area contributed by atoms with E-state index in [2.05, 4.69) is 0 Å². The van der Waals surface area contributed by atoms with Crippen molar-refractivity contribution < 1.29 is 9.84 Å². The van der Waals surface area contributed by atoms with Crippen LogP contribution in [0.4, 0.5) is 0 Å². The maximum absolute atomic E-state index is 9.11. The van der Waals surface area contributed by atoms with E-state index in [-0.39, 0.29) is 6.10 Å². The van der Waals surface area contributed by atoms with Crippen molar-refractivity contribution in [2.75, 3.05) is 13.7 Å². The lowest BCUT2D eigenvalue weighted by Crippen LogP contribution is -2.27. The summed E-state index contributed by atoms with van der Waals surface area (Å²) in [5, 5.41) is 9.11. The molecule has 3 heteroatoms. The third kappa shape index (κ3) is 3.46. The maximum Gasteiger partial charge on any atom is 0.0811 e. The topological polar surface area (TPSA) is 55.5 Å². The van der Waals surface area contributed by atoms with Crippen molar-refractivity contribution in [3.05, 3.63) is 0 Å². The lowest BCUT2D eigenvalue weighted by molar-refractivity contribution is -0.00283. The SMILES string of the molecule is COC(C)C(O)CCN. The predicted molar refractivity (Wildman–Crippen MR) is 36.1 cm³/mol. The lowest BCUT2D eigenvalue weighted by Gasteiger charge is -2.15. The molecule has 0 aromatic rings. The van der Waals surface area contributed by atoms with Crippen LogP contribution in [0.2, 0.25) is 0 Å². The van der Waals surface area contributed by atoms with Gasteiger partial charge in [-0.3, -0.25) is 0 Å². The highest BCUT2D eigenvalue weighted by Crippen LogP contribution is 1.99. The number of rotatable bonds is 4. The molecule has 0 bridgehead atoms. The fourth-order valence-corrected chi connectivity index (χ4v) is 0.563. The second-order valence-corrected chi connectivity index (χ2v) is 2.09. The Morgan fingerprint density at radius 1 is 1.67 bits per heavy atom. The van der Waals surface area contributed by atoms with Crippen LogP contribution in [-0.4, -0.2) is 31.0 Å². The molecule has 0 aliphatic carbocycles. The monoisotopic (exact) mass is 133 g/mol. The predicted octanol–water partition coefficient (Wildman–Crippen LogP) is -0.269. The van der Waals surface area contributed by atoms with Gasteiger partial charge in [-0.15, -0.1) is 0 Å². The summed E-state index contributed by atoms with van der Waals surface area (Å²) in [4.78, 5) is 0. The van der Waals surface area contributed by atoms with Crippen LogP contribution in [0.15, 0.2) is 0 Å². The highest BCUT2D eigenvalue weighted by Gasteiger charge is 2.10. The van der Waals surface area contributed by atoms with Gasteiger partial charge in [-0.25, -0.2) is 0 Å². The summed E-state index contributed by atoms with van der Waals surface area (Å²) < 4.78 is 4.86. The molecule has 2 atom stereocenters. The number of hydrogen-bond donors (Lipinski definition) is 2. The first-order valence-corrected chi connectivity index (χ1v) is 3.13. The van der Waals surface area contributed by atoms with E-state index < -0.39 is 6.10 Å². The van der Waals surface area contributed by atoms with Crippen molar-refractivity contribution in [2.24, 2.45) is 5.73 Å². The fourth-order valence-electron chi connectivity index (χ4n) is 0.563. The number of aliphatic hydroxyl groups is 1. The van der Waals surface area contributed by atoms with Crippen LogP contribution in [0.5, 0.6) is 0 Å². The zero-order valence-electron chi connectivity index (χ0n) is 6.00. The van der Waals surface area contributed by atoms with Crippen molar-refractivity contribution in [2.45, 2.75) is 25.6 Å². The minimum Gasteiger partial charge on any atom is -0.390 e. The van der Waals surface area contributed by atoms with Gasteiger partial charge in [0.15, 0.2) is 0 Å². The minimum atomic E-state index is -0.417. The zero-order valence-corrected chi connectivity index (χ0v) is 6.00. The number of hydrogen-bond acceptors (Lipinski definition) is 3. The van der Waals surface area contributed by atoms with Crippen molar-refractivity contribution in [1.29, 1.82) is 0 Å². The molecule has 2 unspecified atom stereocenters. The number of ether oxygens (including phenoxy) is 1. The summed E-state index contributed by atoms with van der Waals surface area (Å²) in [6, 6.07) is 0. The summed E-state index contributed by atoms with van der Waals surface area (Å²) in [5.74, 6) is 0. The van der Waals surface area contributed by atoms with Gasteiger partial charge < -0.3 is 15.6 Å². The van der Waals surface area contributed by atoms with Crippen LogP contribution in [0, 0.1) is 0 Å². The summed E-state index contributed by atoms with van der Waals surface area (Å²) in [6.45, 7) is 2.33. The normalized spacial score (nSPS) is 17.3. The second-order valence-electron chi connectivity index (χ2n) is 2.09. The smallest absolute Gasteiger partial charge is 0.0811 e. The van der Waals surface area contributed by atoms with E-state index in [9.17, 15) is 0 Å². The standard InChI is InChI=1S/C6H15NO2/c1-5(9-2)6(8)3-4-7/h5-6,8H,3-4,7H2,1-2H3. The molecule has 0 heterocycles. The van der Waals surface area contributed by atoms with Crippen LogP contribution in [0.1, 0.15) is 13.3 Å². The van der Waals surface area contributed by atoms with E-state index in [1.165, 1.54) is 0 Å². The molecule has 0 aliphatic heterocycles. The van der Waals surface area contributed by atoms with Gasteiger partial charge in [0, 0.05) is 7.11 Å². The molecule has 0 saturated heterocycles. The third-order valence-corrected chi connectivity index (χ3v) is 1.38. The summed E-state index contributed by atoms with van der Waals surface area (Å²) in [5.41, 5.74) is 5.21. The Hall–Kier alpha value is -0.120. The molecule has 56 valence electrons. The Labute approximate surface area is 55.8 Å². The zero-order chi connectivity index (χ0) is 7.28. The van der Waals surface area contributed by atoms with Crippen LogP contribution in [0.25, 0.3) is 0 Å². The van der Waals surface area contributed by atoms with Gasteiger partial charge in [0.1, 0.15) is 0 Å². The van der Waals surface area contributed by atoms with Gasteiger partial charge >= 0.3 is 0 Å². The molecule has 0 radical (unpaired) electrons. The van der Waals surface area contributed by atoms with E-state index >= 15 is 0 Å². The first-order valence-electron chi connectivity index (χ1n) is 3.13. The van der Waals surface area contributed by atoms with E-state index in [4.69, 9.17) is 15.6 Å².